The zero-order chi connectivity index (χ0) is 61.6. The molecule has 2 amide bonds. The fourth-order valence-electron chi connectivity index (χ4n) is 13.0. The number of ketones is 4. The van der Waals surface area contributed by atoms with Crippen molar-refractivity contribution in [2.75, 3.05) is 42.4 Å². The van der Waals surface area contributed by atoms with E-state index in [1.165, 1.54) is 55.3 Å². The van der Waals surface area contributed by atoms with Gasteiger partial charge in [-0.3, -0.25) is 38.6 Å². The molecule has 84 heavy (non-hydrogen) atoms. The average molecular weight is 1160 g/mol. The molecule has 0 aliphatic heterocycles. The number of aromatic hydroxyl groups is 2. The first-order valence-corrected chi connectivity index (χ1v) is 26.2. The van der Waals surface area contributed by atoms with Crippen molar-refractivity contribution >= 4 is 70.8 Å². The third-order valence-electron chi connectivity index (χ3n) is 16.8. The van der Waals surface area contributed by atoms with Crippen LogP contribution in [-0.2, 0) is 47.8 Å². The summed E-state index contributed by atoms with van der Waals surface area (Å²) in [6.07, 6.45) is 2.52. The second-order valence-electron chi connectivity index (χ2n) is 21.9. The summed E-state index contributed by atoms with van der Waals surface area (Å²) in [7, 11) is 9.21. The first-order valence-electron chi connectivity index (χ1n) is 26.2. The Morgan fingerprint density at radius 3 is 1.35 bits per heavy atom. The lowest BCUT2D eigenvalue weighted by atomic mass is 9.57. The number of Topliss-reactive ketones (excluding diaryl/α,β-unsaturated/α-hetero) is 4. The van der Waals surface area contributed by atoms with Gasteiger partial charge in [0.1, 0.15) is 45.7 Å². The van der Waals surface area contributed by atoms with Crippen LogP contribution in [-0.4, -0.2) is 151 Å². The van der Waals surface area contributed by atoms with Gasteiger partial charge in [0.25, 0.3) is 11.8 Å². The average Bonchev–Trinajstić information content (AvgIpc) is 1.83. The predicted molar refractivity (Wildman–Crippen MR) is 297 cm³/mol. The molecule has 440 valence electrons. The molecule has 0 radical (unpaired) electrons. The Morgan fingerprint density at radius 1 is 0.583 bits per heavy atom. The molecular weight excluding hydrogens is 1100 g/mol. The van der Waals surface area contributed by atoms with Crippen LogP contribution in [0.1, 0.15) is 62.9 Å². The number of hydrogen-bond acceptors (Lipinski definition) is 18. The Balaban J connectivity index is 0.000000202. The number of rotatable bonds is 10. The maximum absolute atomic E-state index is 13.9. The van der Waals surface area contributed by atoms with Gasteiger partial charge >= 0.3 is 6.18 Å². The van der Waals surface area contributed by atoms with Crippen molar-refractivity contribution in [3.05, 3.63) is 151 Å². The standard InChI is InChI=1S/C31H32N2O9.C30H27F3N2O7/c1-33(2)25-18-13-16-12-17-15(7-5-14-6-10-20(41-3)21(11-14)42-4)8-9-19(34)23(17)26(35)22(16)28(37)31(18,40)29(38)24(27(25)36)30(32)39;1-35(2)23-18-12-15-11-17-14(6-3-13-4-8-16(9-5-13)30(31,32)33)7-10-19(36)21(17)24(37)20(15)26(39)29(18,42)27(40)22(25(23)38)28(34)41/h5-11,16,18,25,34-35,38,40H,12-13H2,1-4H3,(H2,32,39);3-10,15,18,23,36-37,40,42H,11-12H2,1-2H3,(H2,34,41)/b7-5+;6-3+/t16-,18-,25-,31-;15-,18-,23-,29-/m00/s1. The van der Waals surface area contributed by atoms with E-state index in [-0.39, 0.29) is 59.5 Å². The van der Waals surface area contributed by atoms with Gasteiger partial charge in [0.05, 0.1) is 43.0 Å². The molecule has 8 atom stereocenters. The Labute approximate surface area is 477 Å². The van der Waals surface area contributed by atoms with Crippen molar-refractivity contribution in [2.45, 2.75) is 55.1 Å². The first-order chi connectivity index (χ1) is 39.4. The summed E-state index contributed by atoms with van der Waals surface area (Å²) in [6.45, 7) is 0. The number of likely N-dealkylation sites (N-methyl/N-ethyl adjacent to an activating group) is 2. The number of benzene rings is 4. The summed E-state index contributed by atoms with van der Waals surface area (Å²) in [4.78, 5) is 81.3. The molecular formula is C61H59F3N4O16. The highest BCUT2D eigenvalue weighted by Crippen LogP contribution is 2.55. The van der Waals surface area contributed by atoms with Gasteiger partial charge < -0.3 is 61.8 Å². The molecule has 0 bridgehead atoms. The topological polar surface area (TPSA) is 341 Å². The van der Waals surface area contributed by atoms with E-state index in [4.69, 9.17) is 20.9 Å². The third-order valence-corrected chi connectivity index (χ3v) is 16.8. The van der Waals surface area contributed by atoms with E-state index in [1.54, 1.807) is 63.7 Å². The number of aliphatic hydroxyl groups is 6. The summed E-state index contributed by atoms with van der Waals surface area (Å²) in [5.74, 6) is -13.2. The second-order valence-corrected chi connectivity index (χ2v) is 21.9. The second kappa shape index (κ2) is 21.6. The van der Waals surface area contributed by atoms with E-state index in [0.29, 0.717) is 39.3 Å². The minimum absolute atomic E-state index is 0.0141. The maximum atomic E-state index is 13.9. The number of nitrogens with zero attached hydrogens (tertiary/aromatic N) is 2. The quantitative estimate of drug-likeness (QED) is 0.0711. The Morgan fingerprint density at radius 2 is 0.976 bits per heavy atom. The van der Waals surface area contributed by atoms with E-state index in [1.807, 2.05) is 12.1 Å². The van der Waals surface area contributed by atoms with E-state index in [2.05, 4.69) is 0 Å². The summed E-state index contributed by atoms with van der Waals surface area (Å²) in [5.41, 5.74) is 5.64. The van der Waals surface area contributed by atoms with Crippen molar-refractivity contribution < 1.29 is 92.3 Å². The molecule has 12 N–H and O–H groups in total. The fraction of sp³-hybridized carbons (Fsp3) is 0.311. The number of ether oxygens (including phenoxy) is 2. The van der Waals surface area contributed by atoms with Crippen LogP contribution in [0, 0.1) is 23.7 Å². The van der Waals surface area contributed by atoms with E-state index < -0.39 is 128 Å². The van der Waals surface area contributed by atoms with Gasteiger partial charge in [0.15, 0.2) is 34.3 Å². The van der Waals surface area contributed by atoms with Crippen molar-refractivity contribution in [1.29, 1.82) is 0 Å². The number of carbonyl (C=O) groups is 6. The molecule has 2 fully saturated rings. The molecule has 2 saturated carbocycles. The first kappa shape index (κ1) is 59.6. The number of phenols is 2. The van der Waals surface area contributed by atoms with Gasteiger partial charge in [0.2, 0.25) is 11.6 Å². The number of carbonyl (C=O) groups excluding carboxylic acids is 6. The number of alkyl halides is 3. The van der Waals surface area contributed by atoms with Crippen LogP contribution in [0.25, 0.3) is 35.8 Å². The summed E-state index contributed by atoms with van der Waals surface area (Å²) in [6, 6.07) is 13.4. The number of halogens is 3. The van der Waals surface area contributed by atoms with Crippen LogP contribution < -0.4 is 20.9 Å². The molecule has 4 aromatic carbocycles. The maximum Gasteiger partial charge on any atom is 0.416 e. The highest BCUT2D eigenvalue weighted by Gasteiger charge is 2.66. The largest absolute Gasteiger partial charge is 0.508 e. The highest BCUT2D eigenvalue weighted by molar-refractivity contribution is 6.25. The molecule has 6 aliphatic rings. The number of nitrogens with two attached hydrogens (primary N) is 2. The predicted octanol–water partition coefficient (Wildman–Crippen LogP) is 5.30. The molecule has 0 unspecified atom stereocenters. The number of methoxy groups -OCH3 is 2. The van der Waals surface area contributed by atoms with Crippen LogP contribution in [0.2, 0.25) is 0 Å². The van der Waals surface area contributed by atoms with Gasteiger partial charge in [-0.25, -0.2) is 0 Å². The summed E-state index contributed by atoms with van der Waals surface area (Å²) in [5, 5.41) is 89.3. The monoisotopic (exact) mass is 1160 g/mol. The minimum Gasteiger partial charge on any atom is -0.508 e. The Bertz CT molecular complexity index is 3730. The third kappa shape index (κ3) is 9.45. The molecule has 23 heteroatoms. The number of aliphatic hydroxyl groups excluding tert-OH is 4. The van der Waals surface area contributed by atoms with Gasteiger partial charge in [0, 0.05) is 23.0 Å². The van der Waals surface area contributed by atoms with E-state index in [0.717, 1.165) is 17.7 Å². The minimum atomic E-state index is -4.48. The lowest BCUT2D eigenvalue weighted by molar-refractivity contribution is -0.155. The van der Waals surface area contributed by atoms with Crippen LogP contribution in [0.4, 0.5) is 13.2 Å². The van der Waals surface area contributed by atoms with Gasteiger partial charge in [-0.15, -0.1) is 0 Å². The van der Waals surface area contributed by atoms with Crippen molar-refractivity contribution in [1.82, 2.24) is 9.80 Å². The zero-order valence-electron chi connectivity index (χ0n) is 46.0. The Hall–Kier alpha value is -9.03. The number of phenolic OH excluding ortho intramolecular Hbond substituents is 2. The smallest absolute Gasteiger partial charge is 0.416 e. The van der Waals surface area contributed by atoms with E-state index >= 15 is 0 Å². The Kier molecular flexibility index (Phi) is 15.3. The summed E-state index contributed by atoms with van der Waals surface area (Å²) >= 11 is 0. The van der Waals surface area contributed by atoms with Crippen LogP contribution in [0.15, 0.2) is 101 Å². The zero-order valence-corrected chi connectivity index (χ0v) is 46.0. The van der Waals surface area contributed by atoms with Crippen molar-refractivity contribution in [2.24, 2.45) is 35.1 Å². The number of amides is 2. The molecule has 6 aliphatic carbocycles. The molecule has 0 aromatic heterocycles. The molecule has 0 spiro atoms. The number of hydrogen-bond donors (Lipinski definition) is 10. The van der Waals surface area contributed by atoms with E-state index in [9.17, 15) is 82.8 Å². The van der Waals surface area contributed by atoms with Crippen LogP contribution in [0.5, 0.6) is 23.0 Å². The van der Waals surface area contributed by atoms with Crippen LogP contribution in [0.3, 0.4) is 0 Å². The number of primary amides is 2. The van der Waals surface area contributed by atoms with Crippen molar-refractivity contribution in [3.63, 3.8) is 0 Å². The van der Waals surface area contributed by atoms with Gasteiger partial charge in [-0.1, -0.05) is 54.6 Å². The number of fused-ring (bicyclic) bond motifs is 6. The van der Waals surface area contributed by atoms with Gasteiger partial charge in [-0.05, 0) is 135 Å². The molecule has 4 aromatic rings. The van der Waals surface area contributed by atoms with Crippen molar-refractivity contribution in [3.8, 4) is 23.0 Å². The summed E-state index contributed by atoms with van der Waals surface area (Å²) < 4.78 is 49.4. The highest BCUT2D eigenvalue weighted by atomic mass is 19.4. The normalized spacial score (nSPS) is 25.7. The molecule has 0 saturated heterocycles. The lowest BCUT2D eigenvalue weighted by Gasteiger charge is -2.50. The van der Waals surface area contributed by atoms with Crippen LogP contribution >= 0.6 is 0 Å². The van der Waals surface area contributed by atoms with Gasteiger partial charge in [-0.2, -0.15) is 13.2 Å². The fourth-order valence-corrected chi connectivity index (χ4v) is 13.0. The SMILES string of the molecule is CN(C)[C@@H]1C(=O)C(C(N)=O)=C(O)[C@@]2(O)C(=O)C3=C(O)c4c(O)ccc(/C=C/c5ccc(C(F)(F)F)cc5)c4C[C@H]3C[C@@H]12.COc1ccc(/C=C/c2ccc(O)c3c2C[C@H]2C[C@H]4[C@H](N(C)C)C(=O)C(C(N)=O)=C(O)[C@@]4(O)C(=O)C2=C3O)cc1OC. The molecule has 10 rings (SSSR count). The molecule has 0 heterocycles. The molecule has 20 nitrogen and oxygen atoms in total. The lowest BCUT2D eigenvalue weighted by Crippen LogP contribution is -2.65.